The fraction of sp³-hybridized carbons (Fsp3) is 0.481. The summed E-state index contributed by atoms with van der Waals surface area (Å²) in [5, 5.41) is 12.6. The number of phosphoric acid groups is 1. The second-order valence-corrected chi connectivity index (χ2v) is 13.4. The summed E-state index contributed by atoms with van der Waals surface area (Å²) in [6, 6.07) is 12.9. The molecule has 0 aliphatic rings. The molecule has 0 aliphatic carbocycles. The Morgan fingerprint density at radius 2 is 1.80 bits per heavy atom. The van der Waals surface area contributed by atoms with Gasteiger partial charge in [-0.2, -0.15) is 5.26 Å². The Labute approximate surface area is 245 Å². The molecule has 1 amide bonds. The molecule has 13 heteroatoms. The molecule has 0 aromatic heterocycles. The summed E-state index contributed by atoms with van der Waals surface area (Å²) in [6.45, 7) is 6.92. The lowest BCUT2D eigenvalue weighted by Crippen LogP contribution is -2.51. The van der Waals surface area contributed by atoms with E-state index in [9.17, 15) is 14.6 Å². The minimum absolute atomic E-state index is 0.0726. The van der Waals surface area contributed by atoms with Crippen LogP contribution in [0.3, 0.4) is 0 Å². The number of halogens is 1. The van der Waals surface area contributed by atoms with Gasteiger partial charge < -0.3 is 19.5 Å². The molecule has 0 radical (unpaired) electrons. The molecule has 0 fully saturated rings. The van der Waals surface area contributed by atoms with Crippen LogP contribution in [0, 0.1) is 11.3 Å². The van der Waals surface area contributed by atoms with Gasteiger partial charge in [-0.1, -0.05) is 29.4 Å². The van der Waals surface area contributed by atoms with Gasteiger partial charge in [0.15, 0.2) is 6.79 Å². The van der Waals surface area contributed by atoms with Crippen molar-refractivity contribution in [1.82, 2.24) is 5.32 Å². The van der Waals surface area contributed by atoms with Crippen molar-refractivity contribution < 1.29 is 37.1 Å². The first-order valence-corrected chi connectivity index (χ1v) is 14.9. The zero-order valence-corrected chi connectivity index (χ0v) is 26.2. The first-order valence-electron chi connectivity index (χ1n) is 12.2. The number of alkyl carbamates (subject to hydrolysis) is 1. The fourth-order valence-corrected chi connectivity index (χ4v) is 5.48. The number of carbonyl (C=O) groups excluding carboxylic acids is 1. The third-order valence-corrected chi connectivity index (χ3v) is 8.11. The number of nitriles is 1. The molecule has 220 valence electrons. The molecule has 40 heavy (non-hydrogen) atoms. The Bertz CT molecular complexity index is 1240. The van der Waals surface area contributed by atoms with E-state index in [0.29, 0.717) is 29.2 Å². The maximum Gasteiger partial charge on any atom is 0.474 e. The molecule has 1 atom stereocenters. The Kier molecular flexibility index (Phi) is 12.8. The average molecular weight is 615 g/mol. The number of nitrogens with one attached hydrogen (secondary N) is 1. The summed E-state index contributed by atoms with van der Waals surface area (Å²) in [5.74, 6) is 0.583. The highest BCUT2D eigenvalue weighted by Crippen LogP contribution is 2.48. The van der Waals surface area contributed by atoms with Crippen LogP contribution >= 0.6 is 31.2 Å². The van der Waals surface area contributed by atoms with Gasteiger partial charge in [0.25, 0.3) is 0 Å². The molecule has 2 aromatic carbocycles. The minimum Gasteiger partial charge on any atom is -0.466 e. The van der Waals surface area contributed by atoms with E-state index < -0.39 is 25.1 Å². The van der Waals surface area contributed by atoms with Crippen molar-refractivity contribution in [3.05, 3.63) is 52.5 Å². The Morgan fingerprint density at radius 1 is 1.10 bits per heavy atom. The van der Waals surface area contributed by atoms with E-state index in [1.54, 1.807) is 45.9 Å². The number of hydrogen-bond donors (Lipinski definition) is 1. The molecular formula is C27H36ClN2O8PS. The van der Waals surface area contributed by atoms with E-state index >= 15 is 0 Å². The molecule has 0 aliphatic heterocycles. The maximum atomic E-state index is 12.6. The number of rotatable bonds is 14. The Morgan fingerprint density at radius 3 is 2.38 bits per heavy atom. The van der Waals surface area contributed by atoms with E-state index in [-0.39, 0.29) is 13.4 Å². The Balaban J connectivity index is 2.22. The van der Waals surface area contributed by atoms with Gasteiger partial charge in [-0.25, -0.2) is 9.36 Å². The fourth-order valence-electron chi connectivity index (χ4n) is 3.35. The normalized spacial score (nSPS) is 13.3. The second-order valence-electron chi connectivity index (χ2n) is 9.95. The van der Waals surface area contributed by atoms with Gasteiger partial charge in [0.05, 0.1) is 28.7 Å². The predicted molar refractivity (Wildman–Crippen MR) is 153 cm³/mol. The lowest BCUT2D eigenvalue weighted by Gasteiger charge is -2.32. The van der Waals surface area contributed by atoms with Crippen LogP contribution in [-0.4, -0.2) is 52.0 Å². The van der Waals surface area contributed by atoms with Crippen LogP contribution in [-0.2, 0) is 34.0 Å². The number of benzene rings is 2. The standard InChI is InChI=1S/C27H36ClN2O8PS/c1-26(2,3)38-25(31)30-27(4,17-37-39(32,34-6)35-7)13-12-20-9-10-21(15-22(20)28)40-24-14-19(16-29)8-11-23(24)36-18-33-5/h8-11,14-15H,12-13,17-18H2,1-7H3,(H,30,31). The highest BCUT2D eigenvalue weighted by molar-refractivity contribution is 7.99. The van der Waals surface area contributed by atoms with Crippen molar-refractivity contribution in [2.45, 2.75) is 61.5 Å². The molecular weight excluding hydrogens is 579 g/mol. The second kappa shape index (κ2) is 15.1. The lowest BCUT2D eigenvalue weighted by molar-refractivity contribution is 0.0389. The predicted octanol–water partition coefficient (Wildman–Crippen LogP) is 6.98. The third-order valence-electron chi connectivity index (χ3n) is 5.39. The number of ether oxygens (including phenoxy) is 3. The monoisotopic (exact) mass is 614 g/mol. The van der Waals surface area contributed by atoms with Crippen LogP contribution in [0.15, 0.2) is 46.2 Å². The first kappa shape index (κ1) is 33.9. The summed E-state index contributed by atoms with van der Waals surface area (Å²) in [7, 11) is 0.174. The van der Waals surface area contributed by atoms with Gasteiger partial charge in [-0.05, 0) is 76.4 Å². The smallest absolute Gasteiger partial charge is 0.466 e. The van der Waals surface area contributed by atoms with Gasteiger partial charge in [0.1, 0.15) is 11.4 Å². The SMILES string of the molecule is COCOc1ccc(C#N)cc1Sc1ccc(CCC(C)(COP(=O)(OC)OC)NC(=O)OC(C)(C)C)c(Cl)c1. The summed E-state index contributed by atoms with van der Waals surface area (Å²) in [5.41, 5.74) is -0.387. The number of methoxy groups -OCH3 is 1. The van der Waals surface area contributed by atoms with Gasteiger partial charge in [0.2, 0.25) is 0 Å². The zero-order chi connectivity index (χ0) is 30.0. The highest BCUT2D eigenvalue weighted by Gasteiger charge is 2.34. The van der Waals surface area contributed by atoms with Crippen molar-refractivity contribution in [2.24, 2.45) is 0 Å². The van der Waals surface area contributed by atoms with Crippen molar-refractivity contribution in [2.75, 3.05) is 34.7 Å². The van der Waals surface area contributed by atoms with Crippen LogP contribution in [0.2, 0.25) is 5.02 Å². The summed E-state index contributed by atoms with van der Waals surface area (Å²) in [4.78, 5) is 14.2. The van der Waals surface area contributed by atoms with Crippen LogP contribution in [0.5, 0.6) is 5.75 Å². The maximum absolute atomic E-state index is 12.6. The summed E-state index contributed by atoms with van der Waals surface area (Å²) >= 11 is 8.05. The molecule has 0 saturated carbocycles. The van der Waals surface area contributed by atoms with Crippen LogP contribution in [0.1, 0.15) is 45.2 Å². The largest absolute Gasteiger partial charge is 0.474 e. The minimum atomic E-state index is -3.78. The molecule has 1 N–H and O–H groups in total. The number of nitrogens with zero attached hydrogens (tertiary/aromatic N) is 1. The number of carbonyl (C=O) groups is 1. The van der Waals surface area contributed by atoms with E-state index in [1.165, 1.54) is 33.1 Å². The van der Waals surface area contributed by atoms with Gasteiger partial charge >= 0.3 is 13.9 Å². The van der Waals surface area contributed by atoms with Crippen molar-refractivity contribution in [3.63, 3.8) is 0 Å². The zero-order valence-electron chi connectivity index (χ0n) is 23.7. The Hall–Kier alpha value is -2.29. The first-order chi connectivity index (χ1) is 18.7. The van der Waals surface area contributed by atoms with Crippen molar-refractivity contribution in [3.8, 4) is 11.8 Å². The van der Waals surface area contributed by atoms with Crippen LogP contribution in [0.25, 0.3) is 0 Å². The number of hydrogen-bond acceptors (Lipinski definition) is 10. The summed E-state index contributed by atoms with van der Waals surface area (Å²) < 4.78 is 43.7. The van der Waals surface area contributed by atoms with E-state index in [2.05, 4.69) is 11.4 Å². The quantitative estimate of drug-likeness (QED) is 0.176. The molecule has 10 nitrogen and oxygen atoms in total. The van der Waals surface area contributed by atoms with Gasteiger partial charge in [-0.3, -0.25) is 13.6 Å². The third kappa shape index (κ3) is 10.9. The average Bonchev–Trinajstić information content (AvgIpc) is 2.89. The summed E-state index contributed by atoms with van der Waals surface area (Å²) in [6.07, 6.45) is 0.174. The van der Waals surface area contributed by atoms with E-state index in [0.717, 1.165) is 15.4 Å². The lowest BCUT2D eigenvalue weighted by atomic mass is 9.94. The van der Waals surface area contributed by atoms with Crippen molar-refractivity contribution in [1.29, 1.82) is 5.26 Å². The van der Waals surface area contributed by atoms with E-state index in [1.807, 2.05) is 18.2 Å². The molecule has 1 unspecified atom stereocenters. The van der Waals surface area contributed by atoms with Gasteiger partial charge in [-0.15, -0.1) is 0 Å². The number of amides is 1. The molecule has 2 rings (SSSR count). The molecule has 0 bridgehead atoms. The van der Waals surface area contributed by atoms with Crippen LogP contribution in [0.4, 0.5) is 4.79 Å². The molecule has 0 saturated heterocycles. The van der Waals surface area contributed by atoms with Gasteiger partial charge in [0, 0.05) is 31.2 Å². The molecule has 0 spiro atoms. The molecule has 0 heterocycles. The van der Waals surface area contributed by atoms with E-state index in [4.69, 9.17) is 39.4 Å². The highest BCUT2D eigenvalue weighted by atomic mass is 35.5. The molecule has 2 aromatic rings. The van der Waals surface area contributed by atoms with Crippen LogP contribution < -0.4 is 10.1 Å². The number of phosphoric ester groups is 1. The number of aryl methyl sites for hydroxylation is 1. The van der Waals surface area contributed by atoms with Crippen molar-refractivity contribution >= 4 is 37.3 Å². The topological polar surface area (TPSA) is 125 Å².